The van der Waals surface area contributed by atoms with Crippen molar-refractivity contribution in [3.8, 4) is 0 Å². The Bertz CT molecular complexity index is 253. The molecule has 0 aliphatic carbocycles. The normalized spacial score (nSPS) is 9.18. The third kappa shape index (κ3) is 1.78. The molecule has 0 amide bonds. The fraction of sp³-hybridized carbons (Fsp3) is 0. The van der Waals surface area contributed by atoms with Crippen molar-refractivity contribution in [2.45, 2.75) is 0 Å². The van der Waals surface area contributed by atoms with Gasteiger partial charge in [0.2, 0.25) is 5.82 Å². The summed E-state index contributed by atoms with van der Waals surface area (Å²) in [6.45, 7) is 0. The van der Waals surface area contributed by atoms with Crippen LogP contribution in [0.2, 0.25) is 0 Å². The summed E-state index contributed by atoms with van der Waals surface area (Å²) in [7, 11) is 0. The summed E-state index contributed by atoms with van der Waals surface area (Å²) in [5.41, 5.74) is 0. The van der Waals surface area contributed by atoms with Crippen molar-refractivity contribution >= 4 is 17.6 Å². The predicted molar refractivity (Wildman–Crippen MR) is 39.6 cm³/mol. The molecule has 11 heavy (non-hydrogen) atoms. The summed E-state index contributed by atoms with van der Waals surface area (Å²) in [5, 5.41) is 9.30. The number of halogens is 1. The molecule has 1 heterocycles. The van der Waals surface area contributed by atoms with Gasteiger partial charge in [-0.2, -0.15) is 0 Å². The van der Waals surface area contributed by atoms with Gasteiger partial charge in [0.1, 0.15) is 0 Å². The minimum absolute atomic E-state index is 0.0965. The smallest absolute Gasteiger partial charge is 0.213 e. The zero-order chi connectivity index (χ0) is 8.27. The van der Waals surface area contributed by atoms with E-state index in [1.54, 1.807) is 12.1 Å². The first kappa shape index (κ1) is 7.74. The number of pyridine rings is 1. The standard InChI is InChI=1S/C5H4ClN3O2/c6-8(9(10)11)5-3-1-2-4-7-5/h1-4H. The summed E-state index contributed by atoms with van der Waals surface area (Å²) < 4.78 is 0.333. The summed E-state index contributed by atoms with van der Waals surface area (Å²) >= 11 is 5.21. The van der Waals surface area contributed by atoms with Crippen LogP contribution in [-0.2, 0) is 0 Å². The molecule has 0 fully saturated rings. The lowest BCUT2D eigenvalue weighted by Gasteiger charge is -2.00. The van der Waals surface area contributed by atoms with Crippen molar-refractivity contribution < 1.29 is 5.03 Å². The number of nitrogens with zero attached hydrogens (tertiary/aromatic N) is 3. The average Bonchev–Trinajstić information content (AvgIpc) is 2.05. The Balaban J connectivity index is 2.85. The zero-order valence-corrected chi connectivity index (χ0v) is 6.10. The minimum Gasteiger partial charge on any atom is -0.233 e. The van der Waals surface area contributed by atoms with E-state index in [2.05, 4.69) is 4.98 Å². The van der Waals surface area contributed by atoms with E-state index in [0.717, 1.165) is 0 Å². The highest BCUT2D eigenvalue weighted by Gasteiger charge is 2.13. The summed E-state index contributed by atoms with van der Waals surface area (Å²) in [6.07, 6.45) is 1.42. The van der Waals surface area contributed by atoms with Crippen LogP contribution in [0.1, 0.15) is 0 Å². The topological polar surface area (TPSA) is 59.3 Å². The van der Waals surface area contributed by atoms with Crippen LogP contribution in [0, 0.1) is 10.1 Å². The van der Waals surface area contributed by atoms with Crippen LogP contribution in [0.5, 0.6) is 0 Å². The molecule has 0 spiro atoms. The SMILES string of the molecule is O=[N+]([O-])N(Cl)c1ccccn1. The minimum atomic E-state index is -0.760. The van der Waals surface area contributed by atoms with Crippen molar-refractivity contribution in [2.75, 3.05) is 4.53 Å². The van der Waals surface area contributed by atoms with Crippen molar-refractivity contribution in [1.82, 2.24) is 4.98 Å². The molecule has 0 saturated heterocycles. The molecule has 0 unspecified atom stereocenters. The molecule has 0 aliphatic rings. The fourth-order valence-corrected chi connectivity index (χ4v) is 0.647. The highest BCUT2D eigenvalue weighted by Crippen LogP contribution is 2.10. The molecule has 0 saturated carbocycles. The van der Waals surface area contributed by atoms with E-state index in [9.17, 15) is 10.1 Å². The molecule has 5 nitrogen and oxygen atoms in total. The molecular formula is C5H4ClN3O2. The van der Waals surface area contributed by atoms with Gasteiger partial charge in [-0.05, 0) is 12.1 Å². The van der Waals surface area contributed by atoms with Gasteiger partial charge in [0.25, 0.3) is 0 Å². The number of rotatable bonds is 2. The van der Waals surface area contributed by atoms with Crippen molar-refractivity contribution in [3.63, 3.8) is 0 Å². The van der Waals surface area contributed by atoms with E-state index in [0.29, 0.717) is 4.53 Å². The van der Waals surface area contributed by atoms with Crippen LogP contribution in [0.15, 0.2) is 24.4 Å². The van der Waals surface area contributed by atoms with Gasteiger partial charge in [-0.15, -0.1) is 0 Å². The van der Waals surface area contributed by atoms with Crippen LogP contribution in [0.25, 0.3) is 0 Å². The largest absolute Gasteiger partial charge is 0.233 e. The molecular weight excluding hydrogens is 170 g/mol. The zero-order valence-electron chi connectivity index (χ0n) is 5.35. The van der Waals surface area contributed by atoms with Crippen LogP contribution < -0.4 is 4.53 Å². The van der Waals surface area contributed by atoms with Gasteiger partial charge in [0.05, 0.1) is 11.8 Å². The number of anilines is 1. The Hall–Kier alpha value is -1.36. The first-order chi connectivity index (χ1) is 5.22. The van der Waals surface area contributed by atoms with E-state index in [-0.39, 0.29) is 5.82 Å². The van der Waals surface area contributed by atoms with Crippen LogP contribution in [0.4, 0.5) is 5.82 Å². The number of hydrazine groups is 1. The Kier molecular flexibility index (Phi) is 2.22. The van der Waals surface area contributed by atoms with E-state index in [4.69, 9.17) is 11.8 Å². The van der Waals surface area contributed by atoms with Crippen LogP contribution >= 0.6 is 11.8 Å². The molecule has 0 aromatic carbocycles. The Morgan fingerprint density at radius 2 is 2.36 bits per heavy atom. The number of hydrogen-bond donors (Lipinski definition) is 0. The first-order valence-corrected chi connectivity index (χ1v) is 3.07. The molecule has 1 rings (SSSR count). The summed E-state index contributed by atoms with van der Waals surface area (Å²) in [5.74, 6) is 0.0965. The molecule has 58 valence electrons. The second-order valence-electron chi connectivity index (χ2n) is 1.69. The second kappa shape index (κ2) is 3.16. The molecule has 6 heteroatoms. The van der Waals surface area contributed by atoms with Crippen LogP contribution in [0.3, 0.4) is 0 Å². The van der Waals surface area contributed by atoms with Crippen molar-refractivity contribution in [2.24, 2.45) is 0 Å². The number of nitro groups is 1. The van der Waals surface area contributed by atoms with Gasteiger partial charge < -0.3 is 0 Å². The third-order valence-electron chi connectivity index (χ3n) is 0.982. The molecule has 0 radical (unpaired) electrons. The lowest BCUT2D eigenvalue weighted by atomic mass is 10.5. The van der Waals surface area contributed by atoms with Gasteiger partial charge >= 0.3 is 0 Å². The molecule has 0 atom stereocenters. The summed E-state index contributed by atoms with van der Waals surface area (Å²) in [4.78, 5) is 13.7. The first-order valence-electron chi connectivity index (χ1n) is 2.73. The van der Waals surface area contributed by atoms with E-state index in [1.165, 1.54) is 12.3 Å². The second-order valence-corrected chi connectivity index (χ2v) is 2.01. The van der Waals surface area contributed by atoms with E-state index < -0.39 is 5.03 Å². The highest BCUT2D eigenvalue weighted by molar-refractivity contribution is 6.23. The Labute approximate surface area is 67.4 Å². The summed E-state index contributed by atoms with van der Waals surface area (Å²) in [6, 6.07) is 4.70. The number of hydrogen-bond acceptors (Lipinski definition) is 3. The fourth-order valence-electron chi connectivity index (χ4n) is 0.547. The van der Waals surface area contributed by atoms with Gasteiger partial charge in [-0.1, -0.05) is 6.07 Å². The van der Waals surface area contributed by atoms with Gasteiger partial charge in [-0.25, -0.2) is 15.1 Å². The molecule has 1 aromatic rings. The lowest BCUT2D eigenvalue weighted by Crippen LogP contribution is -2.18. The molecule has 0 N–H and O–H groups in total. The van der Waals surface area contributed by atoms with Crippen molar-refractivity contribution in [1.29, 1.82) is 0 Å². The van der Waals surface area contributed by atoms with Crippen molar-refractivity contribution in [3.05, 3.63) is 34.5 Å². The van der Waals surface area contributed by atoms with E-state index >= 15 is 0 Å². The van der Waals surface area contributed by atoms with Crippen LogP contribution in [-0.4, -0.2) is 10.0 Å². The van der Waals surface area contributed by atoms with Gasteiger partial charge in [0.15, 0.2) is 5.03 Å². The Morgan fingerprint density at radius 3 is 2.82 bits per heavy atom. The number of aromatic nitrogens is 1. The monoisotopic (exact) mass is 173 g/mol. The third-order valence-corrected chi connectivity index (χ3v) is 1.28. The molecule has 0 aliphatic heterocycles. The lowest BCUT2D eigenvalue weighted by molar-refractivity contribution is -0.475. The Morgan fingerprint density at radius 1 is 1.64 bits per heavy atom. The maximum atomic E-state index is 10.1. The van der Waals surface area contributed by atoms with Gasteiger partial charge in [0, 0.05) is 10.7 Å². The van der Waals surface area contributed by atoms with E-state index in [1.807, 2.05) is 0 Å². The maximum Gasteiger partial charge on any atom is 0.213 e. The predicted octanol–water partition coefficient (Wildman–Crippen LogP) is 1.23. The maximum absolute atomic E-state index is 10.1. The molecule has 0 bridgehead atoms. The quantitative estimate of drug-likeness (QED) is 0.384. The molecule has 1 aromatic heterocycles. The van der Waals surface area contributed by atoms with Gasteiger partial charge in [-0.3, -0.25) is 0 Å². The average molecular weight is 174 g/mol. The highest BCUT2D eigenvalue weighted by atomic mass is 35.5.